The molecule has 0 bridgehead atoms. The molecule has 0 saturated heterocycles. The lowest BCUT2D eigenvalue weighted by molar-refractivity contribution is 0.657. The van der Waals surface area contributed by atoms with E-state index < -0.39 is 5.41 Å². The van der Waals surface area contributed by atoms with Gasteiger partial charge in [-0.1, -0.05) is 214 Å². The summed E-state index contributed by atoms with van der Waals surface area (Å²) in [5.41, 5.74) is 23.8. The van der Waals surface area contributed by atoms with E-state index in [2.05, 4.69) is 249 Å². The Kier molecular flexibility index (Phi) is 9.51. The van der Waals surface area contributed by atoms with E-state index in [1.54, 1.807) is 0 Å². The molecule has 0 N–H and O–H groups in total. The van der Waals surface area contributed by atoms with E-state index >= 15 is 0 Å². The second-order valence-electron chi connectivity index (χ2n) is 19.8. The van der Waals surface area contributed by atoms with E-state index in [1.807, 2.05) is 0 Å². The number of aromatic nitrogens is 1. The molecule has 10 aromatic rings. The number of para-hydroxylation sites is 1. The number of aryl methyl sites for hydroxylation is 1. The van der Waals surface area contributed by atoms with E-state index in [0.29, 0.717) is 5.92 Å². The number of hydrogen-bond donors (Lipinski definition) is 0. The first-order valence-corrected chi connectivity index (χ1v) is 24.6. The van der Waals surface area contributed by atoms with Crippen LogP contribution in [0.4, 0.5) is 0 Å². The molecular formula is C67H53N. The molecule has 1 nitrogen and oxygen atoms in total. The van der Waals surface area contributed by atoms with Crippen LogP contribution >= 0.6 is 0 Å². The van der Waals surface area contributed by atoms with Crippen molar-refractivity contribution in [2.45, 2.75) is 56.3 Å². The Morgan fingerprint density at radius 2 is 1.03 bits per heavy atom. The van der Waals surface area contributed by atoms with Crippen LogP contribution in [0.2, 0.25) is 0 Å². The summed E-state index contributed by atoms with van der Waals surface area (Å²) < 4.78 is 2.46. The molecule has 1 unspecified atom stereocenters. The van der Waals surface area contributed by atoms with Crippen molar-refractivity contribution in [3.8, 4) is 27.9 Å². The Bertz CT molecular complexity index is 3590. The van der Waals surface area contributed by atoms with Crippen LogP contribution < -0.4 is 0 Å². The second kappa shape index (κ2) is 16.0. The van der Waals surface area contributed by atoms with Crippen LogP contribution in [0, 0.1) is 0 Å². The van der Waals surface area contributed by atoms with Gasteiger partial charge in [0.2, 0.25) is 0 Å². The second-order valence-corrected chi connectivity index (χ2v) is 19.8. The summed E-state index contributed by atoms with van der Waals surface area (Å²) in [6, 6.07) is 82.2. The van der Waals surface area contributed by atoms with Crippen molar-refractivity contribution in [3.05, 3.63) is 286 Å². The number of benzene rings is 9. The highest BCUT2D eigenvalue weighted by Gasteiger charge is 2.46. The summed E-state index contributed by atoms with van der Waals surface area (Å²) in [4.78, 5) is 0. The van der Waals surface area contributed by atoms with Crippen LogP contribution in [0.3, 0.4) is 0 Å². The summed E-state index contributed by atoms with van der Waals surface area (Å²) in [7, 11) is 0. The fourth-order valence-corrected chi connectivity index (χ4v) is 12.7. The maximum Gasteiger partial charge on any atom is 0.0713 e. The average Bonchev–Trinajstić information content (AvgIpc) is 3.98. The third kappa shape index (κ3) is 6.22. The summed E-state index contributed by atoms with van der Waals surface area (Å²) >= 11 is 0. The Morgan fingerprint density at radius 3 is 1.71 bits per heavy atom. The highest BCUT2D eigenvalue weighted by Crippen LogP contribution is 2.57. The van der Waals surface area contributed by atoms with Crippen LogP contribution in [0.15, 0.2) is 236 Å². The highest BCUT2D eigenvalue weighted by molar-refractivity contribution is 6.11. The van der Waals surface area contributed by atoms with Crippen LogP contribution in [-0.4, -0.2) is 4.57 Å². The summed E-state index contributed by atoms with van der Waals surface area (Å²) in [6.07, 6.45) is 9.07. The molecule has 0 amide bonds. The van der Waals surface area contributed by atoms with Gasteiger partial charge in [-0.15, -0.1) is 0 Å². The van der Waals surface area contributed by atoms with Crippen molar-refractivity contribution in [1.29, 1.82) is 0 Å². The highest BCUT2D eigenvalue weighted by atomic mass is 15.0. The van der Waals surface area contributed by atoms with E-state index in [9.17, 15) is 0 Å². The fraction of sp³-hybridized carbons (Fsp3) is 0.134. The summed E-state index contributed by atoms with van der Waals surface area (Å²) in [5.74, 6) is 0.360. The van der Waals surface area contributed by atoms with Gasteiger partial charge in [0.1, 0.15) is 0 Å². The van der Waals surface area contributed by atoms with Crippen molar-refractivity contribution in [2.24, 2.45) is 0 Å². The molecule has 326 valence electrons. The number of hydrogen-bond acceptors (Lipinski definition) is 0. The normalized spacial score (nSPS) is 15.6. The lowest BCUT2D eigenvalue weighted by Crippen LogP contribution is -2.28. The van der Waals surface area contributed by atoms with E-state index in [-0.39, 0.29) is 5.41 Å². The Labute approximate surface area is 400 Å². The zero-order chi connectivity index (χ0) is 45.4. The van der Waals surface area contributed by atoms with Gasteiger partial charge < -0.3 is 4.57 Å². The molecule has 1 heterocycles. The quantitative estimate of drug-likeness (QED) is 0.136. The molecule has 3 aliphatic rings. The van der Waals surface area contributed by atoms with Crippen molar-refractivity contribution >= 4 is 27.4 Å². The molecule has 9 aromatic carbocycles. The Balaban J connectivity index is 0.904. The van der Waals surface area contributed by atoms with Gasteiger partial charge in [0, 0.05) is 27.8 Å². The molecule has 1 aromatic heterocycles. The average molecular weight is 872 g/mol. The number of fused-ring (bicyclic) bond motifs is 9. The minimum absolute atomic E-state index is 0.0287. The predicted molar refractivity (Wildman–Crippen MR) is 285 cm³/mol. The van der Waals surface area contributed by atoms with Crippen LogP contribution in [0.1, 0.15) is 89.1 Å². The van der Waals surface area contributed by atoms with Crippen LogP contribution in [0.5, 0.6) is 0 Å². The van der Waals surface area contributed by atoms with Gasteiger partial charge in [0.05, 0.1) is 16.4 Å². The van der Waals surface area contributed by atoms with Gasteiger partial charge in [-0.05, 0) is 140 Å². The lowest BCUT2D eigenvalue weighted by Gasteiger charge is -2.34. The zero-order valence-electron chi connectivity index (χ0n) is 38.8. The van der Waals surface area contributed by atoms with E-state index in [4.69, 9.17) is 0 Å². The topological polar surface area (TPSA) is 4.93 Å². The van der Waals surface area contributed by atoms with Gasteiger partial charge >= 0.3 is 0 Å². The van der Waals surface area contributed by atoms with Gasteiger partial charge in [0.25, 0.3) is 0 Å². The van der Waals surface area contributed by atoms with Gasteiger partial charge in [-0.25, -0.2) is 0 Å². The predicted octanol–water partition coefficient (Wildman–Crippen LogP) is 17.0. The summed E-state index contributed by atoms with van der Waals surface area (Å²) in [6.45, 7) is 4.74. The van der Waals surface area contributed by atoms with Crippen molar-refractivity contribution in [2.75, 3.05) is 0 Å². The molecule has 0 radical (unpaired) electrons. The largest absolute Gasteiger partial charge is 0.309 e. The van der Waals surface area contributed by atoms with Crippen LogP contribution in [0.25, 0.3) is 55.3 Å². The van der Waals surface area contributed by atoms with Gasteiger partial charge in [0.15, 0.2) is 0 Å². The maximum absolute atomic E-state index is 2.52. The molecule has 1 atom stereocenters. The number of rotatable bonds is 9. The standard InChI is InChI=1S/C67H53N/c1-66(2)60-27-15-12-26-56(60)57-42-45(31-39-61(57)66)30-38-53(47-18-6-3-7-19-47)48-34-32-46(33-35-48)49-36-40-64-58(43-49)59-44-51(37-41-65(59)68(64)52-22-10-5-11-23-52)67(50-20-8-4-9-21-50)62-28-16-13-24-54(62)55-25-14-17-29-63(55)67/h3-29,31-32,34,36-37,39-44,53H,30,33,35,38H2,1-2H3. The molecule has 0 aliphatic heterocycles. The Hall–Kier alpha value is -7.74. The molecule has 0 spiro atoms. The zero-order valence-corrected chi connectivity index (χ0v) is 38.8. The lowest BCUT2D eigenvalue weighted by atomic mass is 9.67. The van der Waals surface area contributed by atoms with Crippen molar-refractivity contribution in [3.63, 3.8) is 0 Å². The monoisotopic (exact) mass is 871 g/mol. The molecular weight excluding hydrogens is 819 g/mol. The molecule has 0 saturated carbocycles. The molecule has 68 heavy (non-hydrogen) atoms. The minimum Gasteiger partial charge on any atom is -0.309 e. The third-order valence-electron chi connectivity index (χ3n) is 15.9. The molecule has 13 rings (SSSR count). The fourth-order valence-electron chi connectivity index (χ4n) is 12.7. The first-order chi connectivity index (χ1) is 33.5. The SMILES string of the molecule is CC1(C)c2ccccc2-c2cc(CCC(C3=CC=C(c4ccc5c(c4)c4cc(C6(c7ccccc7)c7ccccc7-c7ccccc76)ccc4n5-c4ccccc4)CC3)c3ccccc3)ccc21. The van der Waals surface area contributed by atoms with Crippen molar-refractivity contribution in [1.82, 2.24) is 4.57 Å². The van der Waals surface area contributed by atoms with Gasteiger partial charge in [-0.3, -0.25) is 0 Å². The van der Waals surface area contributed by atoms with E-state index in [1.165, 1.54) is 111 Å². The summed E-state index contributed by atoms with van der Waals surface area (Å²) in [5, 5.41) is 2.56. The third-order valence-corrected chi connectivity index (χ3v) is 15.9. The minimum atomic E-state index is -0.466. The maximum atomic E-state index is 2.52. The van der Waals surface area contributed by atoms with Crippen LogP contribution in [-0.2, 0) is 17.3 Å². The van der Waals surface area contributed by atoms with Crippen molar-refractivity contribution < 1.29 is 0 Å². The number of allylic oxidation sites excluding steroid dienone is 4. The van der Waals surface area contributed by atoms with E-state index in [0.717, 1.165) is 25.7 Å². The number of nitrogens with zero attached hydrogens (tertiary/aromatic N) is 1. The first-order valence-electron chi connectivity index (χ1n) is 24.6. The Morgan fingerprint density at radius 1 is 0.456 bits per heavy atom. The molecule has 1 heteroatoms. The molecule has 3 aliphatic carbocycles. The van der Waals surface area contributed by atoms with Gasteiger partial charge in [-0.2, -0.15) is 0 Å². The first kappa shape index (κ1) is 40.5. The smallest absolute Gasteiger partial charge is 0.0713 e. The molecule has 0 fully saturated rings.